The lowest BCUT2D eigenvalue weighted by Crippen LogP contribution is -2.57. The van der Waals surface area contributed by atoms with Crippen LogP contribution in [-0.4, -0.2) is 51.1 Å². The highest BCUT2D eigenvalue weighted by Crippen LogP contribution is 2.83. The molecule has 4 aliphatic carbocycles. The molecule has 0 aromatic carbocycles. The van der Waals surface area contributed by atoms with Crippen LogP contribution in [0.15, 0.2) is 0 Å². The number of rotatable bonds is 1. The molecule has 10 unspecified atom stereocenters. The van der Waals surface area contributed by atoms with Crippen molar-refractivity contribution in [2.24, 2.45) is 46.7 Å². The Labute approximate surface area is 164 Å². The van der Waals surface area contributed by atoms with Crippen molar-refractivity contribution in [3.05, 3.63) is 0 Å². The maximum Gasteiger partial charge on any atom is 0.230 e. The third-order valence-corrected chi connectivity index (χ3v) is 8.21. The van der Waals surface area contributed by atoms with Crippen molar-refractivity contribution >= 4 is 17.5 Å². The number of primary amides is 1. The number of carbonyl (C=O) groups excluding carboxylic acids is 3. The van der Waals surface area contributed by atoms with Gasteiger partial charge in [0.05, 0.1) is 23.7 Å². The lowest BCUT2D eigenvalue weighted by molar-refractivity contribution is -0.161. The van der Waals surface area contributed by atoms with Crippen molar-refractivity contribution in [1.82, 2.24) is 0 Å². The summed E-state index contributed by atoms with van der Waals surface area (Å²) in [5.74, 6) is -1.40. The van der Waals surface area contributed by atoms with E-state index in [1.54, 1.807) is 0 Å². The molecular weight excluding hydrogens is 362 g/mol. The lowest BCUT2D eigenvalue weighted by atomic mass is 9.52. The second kappa shape index (κ2) is 6.89. The van der Waals surface area contributed by atoms with Gasteiger partial charge in [-0.2, -0.15) is 0 Å². The maximum absolute atomic E-state index is 13.2. The van der Waals surface area contributed by atoms with Gasteiger partial charge >= 0.3 is 0 Å². The van der Waals surface area contributed by atoms with Crippen LogP contribution < -0.4 is 5.73 Å². The van der Waals surface area contributed by atoms with Gasteiger partial charge < -0.3 is 21.1 Å². The summed E-state index contributed by atoms with van der Waals surface area (Å²) in [6.07, 6.45) is -0.314. The summed E-state index contributed by atoms with van der Waals surface area (Å²) >= 11 is 0. The number of ketones is 2. The van der Waals surface area contributed by atoms with Gasteiger partial charge in [-0.3, -0.25) is 14.4 Å². The molecule has 28 heavy (non-hydrogen) atoms. The molecule has 7 nitrogen and oxygen atoms in total. The van der Waals surface area contributed by atoms with Crippen LogP contribution >= 0.6 is 0 Å². The predicted octanol–water partition coefficient (Wildman–Crippen LogP) is 0.181. The fourth-order valence-corrected chi connectivity index (χ4v) is 6.92. The number of hydrogen-bond donors (Lipinski definition) is 4. The van der Waals surface area contributed by atoms with Crippen LogP contribution in [0, 0.1) is 40.9 Å². The number of aliphatic hydroxyl groups excluding tert-OH is 3. The number of amides is 1. The first-order valence-corrected chi connectivity index (χ1v) is 10.6. The van der Waals surface area contributed by atoms with E-state index in [9.17, 15) is 29.7 Å². The summed E-state index contributed by atoms with van der Waals surface area (Å²) < 4.78 is 0. The van der Waals surface area contributed by atoms with Gasteiger partial charge in [-0.05, 0) is 55.3 Å². The summed E-state index contributed by atoms with van der Waals surface area (Å²) in [6, 6.07) is 0. The van der Waals surface area contributed by atoms with Crippen molar-refractivity contribution in [1.29, 1.82) is 0 Å². The van der Waals surface area contributed by atoms with E-state index in [0.717, 1.165) is 12.8 Å². The second-order valence-corrected chi connectivity index (χ2v) is 9.72. The molecule has 0 bridgehead atoms. The first-order valence-electron chi connectivity index (χ1n) is 10.6. The van der Waals surface area contributed by atoms with Gasteiger partial charge in [0.25, 0.3) is 0 Å². The molecule has 4 saturated carbocycles. The molecule has 4 fully saturated rings. The van der Waals surface area contributed by atoms with E-state index < -0.39 is 41.3 Å². The largest absolute Gasteiger partial charge is 0.392 e. The monoisotopic (exact) mass is 393 g/mol. The maximum atomic E-state index is 13.2. The molecule has 0 heterocycles. The normalized spacial score (nSPS) is 51.5. The molecule has 1 amide bonds. The minimum Gasteiger partial charge on any atom is -0.392 e. The molecule has 7 heteroatoms. The van der Waals surface area contributed by atoms with E-state index in [1.165, 1.54) is 0 Å². The van der Waals surface area contributed by atoms with Crippen molar-refractivity contribution in [2.75, 3.05) is 0 Å². The summed E-state index contributed by atoms with van der Waals surface area (Å²) in [7, 11) is 0. The Bertz CT molecular complexity index is 690. The average Bonchev–Trinajstić information content (AvgIpc) is 3.11. The molecule has 0 saturated heterocycles. The number of aliphatic hydroxyl groups is 3. The van der Waals surface area contributed by atoms with E-state index in [0.29, 0.717) is 31.1 Å². The fraction of sp³-hybridized carbons (Fsp3) is 0.857. The van der Waals surface area contributed by atoms with E-state index in [2.05, 4.69) is 6.92 Å². The minimum atomic E-state index is -1.36. The van der Waals surface area contributed by atoms with Crippen LogP contribution in [-0.2, 0) is 14.4 Å². The van der Waals surface area contributed by atoms with Gasteiger partial charge in [0.15, 0.2) is 5.78 Å². The summed E-state index contributed by atoms with van der Waals surface area (Å²) in [5, 5.41) is 31.4. The van der Waals surface area contributed by atoms with Crippen LogP contribution in [0.2, 0.25) is 0 Å². The molecule has 156 valence electrons. The highest BCUT2D eigenvalue weighted by molar-refractivity contribution is 6.01. The van der Waals surface area contributed by atoms with E-state index >= 15 is 0 Å². The first kappa shape index (κ1) is 20.0. The van der Waals surface area contributed by atoms with Crippen LogP contribution in [0.25, 0.3) is 0 Å². The topological polar surface area (TPSA) is 138 Å². The number of fused-ring (bicyclic) bond motifs is 2. The minimum absolute atomic E-state index is 0.146. The second-order valence-electron chi connectivity index (χ2n) is 9.72. The SMILES string of the molecule is CC1CCC(O)C(C(N)=O)C(=O)CC(O)CC(=O)C23C(O)CC4C(C2CC1)C43. The van der Waals surface area contributed by atoms with E-state index in [4.69, 9.17) is 5.73 Å². The zero-order valence-electron chi connectivity index (χ0n) is 16.3. The Morgan fingerprint density at radius 2 is 1.75 bits per heavy atom. The van der Waals surface area contributed by atoms with Gasteiger partial charge in [-0.1, -0.05) is 13.3 Å². The van der Waals surface area contributed by atoms with Gasteiger partial charge in [0, 0.05) is 12.8 Å². The molecule has 4 rings (SSSR count). The summed E-state index contributed by atoms with van der Waals surface area (Å²) in [6.45, 7) is 2.07. The van der Waals surface area contributed by atoms with Gasteiger partial charge in [0.2, 0.25) is 5.91 Å². The summed E-state index contributed by atoms with van der Waals surface area (Å²) in [5.41, 5.74) is 4.59. The van der Waals surface area contributed by atoms with Crippen LogP contribution in [0.1, 0.15) is 51.9 Å². The number of hydrogen-bond acceptors (Lipinski definition) is 6. The van der Waals surface area contributed by atoms with E-state index in [1.807, 2.05) is 0 Å². The Balaban J connectivity index is 1.57. The van der Waals surface area contributed by atoms with Gasteiger partial charge in [-0.25, -0.2) is 0 Å². The quantitative estimate of drug-likeness (QED) is 0.469. The van der Waals surface area contributed by atoms with Crippen LogP contribution in [0.5, 0.6) is 0 Å². The van der Waals surface area contributed by atoms with E-state index in [-0.39, 0.29) is 36.4 Å². The zero-order valence-corrected chi connectivity index (χ0v) is 16.3. The van der Waals surface area contributed by atoms with Crippen LogP contribution in [0.4, 0.5) is 0 Å². The third-order valence-electron chi connectivity index (χ3n) is 8.21. The number of carbonyl (C=O) groups is 3. The molecule has 0 aliphatic heterocycles. The molecule has 4 aliphatic rings. The van der Waals surface area contributed by atoms with Crippen molar-refractivity contribution < 1.29 is 29.7 Å². The molecule has 5 N–H and O–H groups in total. The van der Waals surface area contributed by atoms with Crippen LogP contribution in [0.3, 0.4) is 0 Å². The van der Waals surface area contributed by atoms with Gasteiger partial charge in [-0.15, -0.1) is 0 Å². The average molecular weight is 393 g/mol. The predicted molar refractivity (Wildman–Crippen MR) is 98.6 cm³/mol. The molecule has 0 radical (unpaired) electrons. The Morgan fingerprint density at radius 1 is 1.07 bits per heavy atom. The molecule has 1 spiro atoms. The van der Waals surface area contributed by atoms with Crippen molar-refractivity contribution in [3.8, 4) is 0 Å². The highest BCUT2D eigenvalue weighted by atomic mass is 16.3. The Hall–Kier alpha value is -1.31. The fourth-order valence-electron chi connectivity index (χ4n) is 6.92. The third kappa shape index (κ3) is 2.77. The Morgan fingerprint density at radius 3 is 2.39 bits per heavy atom. The standard InChI is InChI=1S/C21H31NO6/c1-9-2-4-12-17-11-8-16(27)21(12,19(11)17)15(26)7-10(23)6-14(25)18(20(22)28)13(24)5-3-9/h9-13,16-19,23-24,27H,2-8H2,1H3,(H2,22,28). The molecule has 0 aromatic heterocycles. The molecule has 0 aromatic rings. The summed E-state index contributed by atoms with van der Waals surface area (Å²) in [4.78, 5) is 37.4. The highest BCUT2D eigenvalue weighted by Gasteiger charge is 2.85. The zero-order chi connectivity index (χ0) is 20.4. The van der Waals surface area contributed by atoms with Crippen molar-refractivity contribution in [3.63, 3.8) is 0 Å². The first-order chi connectivity index (χ1) is 13.2. The van der Waals surface area contributed by atoms with Gasteiger partial charge in [0.1, 0.15) is 11.7 Å². The lowest BCUT2D eigenvalue weighted by Gasteiger charge is -2.51. The molecular formula is C21H31NO6. The Kier molecular flexibility index (Phi) is 4.91. The molecule has 10 atom stereocenters. The van der Waals surface area contributed by atoms with Crippen molar-refractivity contribution in [2.45, 2.75) is 70.2 Å². The number of nitrogens with two attached hydrogens (primary N) is 1. The smallest absolute Gasteiger partial charge is 0.230 e. The number of Topliss-reactive ketones (excluding diaryl/α,β-unsaturated/α-hetero) is 2.